The van der Waals surface area contributed by atoms with Gasteiger partial charge in [-0.2, -0.15) is 0 Å². The zero-order chi connectivity index (χ0) is 15.7. The van der Waals surface area contributed by atoms with Gasteiger partial charge in [0.05, 0.1) is 5.41 Å². The molecule has 1 aliphatic carbocycles. The Bertz CT molecular complexity index is 346. The van der Waals surface area contributed by atoms with Crippen LogP contribution in [0.15, 0.2) is 0 Å². The average Bonchev–Trinajstić information content (AvgIpc) is 2.80. The van der Waals surface area contributed by atoms with Crippen molar-refractivity contribution >= 4 is 12.0 Å². The molecule has 21 heavy (non-hydrogen) atoms. The van der Waals surface area contributed by atoms with Gasteiger partial charge in [0.1, 0.15) is 0 Å². The van der Waals surface area contributed by atoms with E-state index in [4.69, 9.17) is 0 Å². The summed E-state index contributed by atoms with van der Waals surface area (Å²) in [5, 5.41) is 15.0. The Morgan fingerprint density at radius 1 is 1.19 bits per heavy atom. The molecule has 5 nitrogen and oxygen atoms in total. The highest BCUT2D eigenvalue weighted by atomic mass is 16.4. The van der Waals surface area contributed by atoms with Crippen molar-refractivity contribution in [1.82, 2.24) is 10.6 Å². The Morgan fingerprint density at radius 3 is 2.52 bits per heavy atom. The summed E-state index contributed by atoms with van der Waals surface area (Å²) < 4.78 is 0. The van der Waals surface area contributed by atoms with Crippen molar-refractivity contribution in [3.63, 3.8) is 0 Å². The number of nitrogens with one attached hydrogen (secondary N) is 2. The molecule has 0 bridgehead atoms. The SMILES string of the molecule is CCCCCCCCNC(=O)NC1CCCC1(C)C(=O)O. The molecule has 1 fully saturated rings. The summed E-state index contributed by atoms with van der Waals surface area (Å²) in [6, 6.07) is -0.498. The second-order valence-corrected chi connectivity index (χ2v) is 6.34. The summed E-state index contributed by atoms with van der Waals surface area (Å²) in [6.45, 7) is 4.58. The minimum atomic E-state index is -0.822. The van der Waals surface area contributed by atoms with Crippen LogP contribution < -0.4 is 10.6 Å². The molecule has 122 valence electrons. The lowest BCUT2D eigenvalue weighted by molar-refractivity contribution is -0.148. The van der Waals surface area contributed by atoms with Crippen LogP contribution in [-0.2, 0) is 4.79 Å². The van der Waals surface area contributed by atoms with Gasteiger partial charge in [-0.05, 0) is 26.2 Å². The van der Waals surface area contributed by atoms with E-state index in [-0.39, 0.29) is 12.1 Å². The number of hydrogen-bond acceptors (Lipinski definition) is 2. The predicted molar refractivity (Wildman–Crippen MR) is 83.3 cm³/mol. The topological polar surface area (TPSA) is 78.4 Å². The Hall–Kier alpha value is -1.26. The van der Waals surface area contributed by atoms with E-state index in [0.29, 0.717) is 13.0 Å². The maximum Gasteiger partial charge on any atom is 0.315 e. The predicted octanol–water partition coefficient (Wildman–Crippen LogP) is 3.29. The standard InChI is InChI=1S/C16H30N2O3/c1-3-4-5-6-7-8-12-17-15(21)18-13-10-9-11-16(13,2)14(19)20/h13H,3-12H2,1-2H3,(H,19,20)(H2,17,18,21). The Kier molecular flexibility index (Phi) is 7.54. The average molecular weight is 298 g/mol. The van der Waals surface area contributed by atoms with E-state index in [1.54, 1.807) is 6.92 Å². The third-order valence-electron chi connectivity index (χ3n) is 4.57. The molecule has 2 atom stereocenters. The van der Waals surface area contributed by atoms with E-state index in [0.717, 1.165) is 25.7 Å². The van der Waals surface area contributed by atoms with Crippen molar-refractivity contribution in [3.8, 4) is 0 Å². The lowest BCUT2D eigenvalue weighted by Gasteiger charge is -2.27. The van der Waals surface area contributed by atoms with Crippen LogP contribution in [0.4, 0.5) is 4.79 Å². The lowest BCUT2D eigenvalue weighted by atomic mass is 9.85. The molecular formula is C16H30N2O3. The Balaban J connectivity index is 2.17. The van der Waals surface area contributed by atoms with E-state index in [9.17, 15) is 14.7 Å². The van der Waals surface area contributed by atoms with Crippen LogP contribution in [0.25, 0.3) is 0 Å². The third-order valence-corrected chi connectivity index (χ3v) is 4.57. The van der Waals surface area contributed by atoms with Crippen molar-refractivity contribution in [2.45, 2.75) is 77.7 Å². The Labute approximate surface area is 127 Å². The fraction of sp³-hybridized carbons (Fsp3) is 0.875. The fourth-order valence-corrected chi connectivity index (χ4v) is 2.97. The summed E-state index contributed by atoms with van der Waals surface area (Å²) in [5.41, 5.74) is -0.822. The van der Waals surface area contributed by atoms with Gasteiger partial charge in [-0.25, -0.2) is 4.79 Å². The number of amides is 2. The molecule has 0 aliphatic heterocycles. The van der Waals surface area contributed by atoms with Crippen LogP contribution in [0, 0.1) is 5.41 Å². The number of hydrogen-bond donors (Lipinski definition) is 3. The van der Waals surface area contributed by atoms with E-state index < -0.39 is 11.4 Å². The molecule has 0 heterocycles. The molecule has 0 aromatic rings. The van der Waals surface area contributed by atoms with Gasteiger partial charge >= 0.3 is 12.0 Å². The monoisotopic (exact) mass is 298 g/mol. The van der Waals surface area contributed by atoms with E-state index in [1.165, 1.54) is 25.7 Å². The molecule has 0 aromatic heterocycles. The van der Waals surface area contributed by atoms with Crippen molar-refractivity contribution in [2.24, 2.45) is 5.41 Å². The summed E-state index contributed by atoms with van der Waals surface area (Å²) in [6.07, 6.45) is 9.35. The number of rotatable bonds is 9. The highest BCUT2D eigenvalue weighted by Gasteiger charge is 2.45. The largest absolute Gasteiger partial charge is 0.481 e. The van der Waals surface area contributed by atoms with Gasteiger partial charge in [-0.3, -0.25) is 4.79 Å². The molecule has 0 saturated heterocycles. The van der Waals surface area contributed by atoms with Gasteiger partial charge in [-0.15, -0.1) is 0 Å². The number of aliphatic carboxylic acids is 1. The molecule has 0 spiro atoms. The van der Waals surface area contributed by atoms with Crippen molar-refractivity contribution in [3.05, 3.63) is 0 Å². The number of carboxylic acid groups (broad SMARTS) is 1. The molecule has 1 saturated carbocycles. The first-order valence-electron chi connectivity index (χ1n) is 8.28. The van der Waals surface area contributed by atoms with Gasteiger partial charge in [0.2, 0.25) is 0 Å². The highest BCUT2D eigenvalue weighted by molar-refractivity contribution is 5.79. The number of carbonyl (C=O) groups is 2. The number of carbonyl (C=O) groups excluding carboxylic acids is 1. The summed E-state index contributed by atoms with van der Waals surface area (Å²) in [4.78, 5) is 23.2. The van der Waals surface area contributed by atoms with E-state index in [2.05, 4.69) is 17.6 Å². The first kappa shape index (κ1) is 17.8. The second kappa shape index (κ2) is 8.90. The third kappa shape index (κ3) is 5.56. The van der Waals surface area contributed by atoms with E-state index >= 15 is 0 Å². The minimum absolute atomic E-state index is 0.233. The maximum absolute atomic E-state index is 11.8. The van der Waals surface area contributed by atoms with Crippen LogP contribution in [0.1, 0.15) is 71.6 Å². The lowest BCUT2D eigenvalue weighted by Crippen LogP contribution is -2.50. The molecule has 1 rings (SSSR count). The molecule has 0 radical (unpaired) electrons. The molecular weight excluding hydrogens is 268 g/mol. The van der Waals surface area contributed by atoms with Gasteiger partial charge in [-0.1, -0.05) is 45.4 Å². The normalized spacial score (nSPS) is 24.8. The van der Waals surface area contributed by atoms with Gasteiger partial charge in [0.25, 0.3) is 0 Å². The first-order valence-corrected chi connectivity index (χ1v) is 8.28. The zero-order valence-electron chi connectivity index (χ0n) is 13.4. The molecule has 0 aromatic carbocycles. The van der Waals surface area contributed by atoms with Gasteiger partial charge in [0, 0.05) is 12.6 Å². The van der Waals surface area contributed by atoms with Crippen LogP contribution in [0.2, 0.25) is 0 Å². The van der Waals surface area contributed by atoms with Gasteiger partial charge in [0.15, 0.2) is 0 Å². The molecule has 2 unspecified atom stereocenters. The number of carboxylic acids is 1. The molecule has 3 N–H and O–H groups in total. The van der Waals surface area contributed by atoms with Crippen LogP contribution in [0.5, 0.6) is 0 Å². The number of urea groups is 1. The molecule has 5 heteroatoms. The summed E-state index contributed by atoms with van der Waals surface area (Å²) in [7, 11) is 0. The molecule has 2 amide bonds. The van der Waals surface area contributed by atoms with Gasteiger partial charge < -0.3 is 15.7 Å². The first-order chi connectivity index (χ1) is 10.0. The van der Waals surface area contributed by atoms with Crippen molar-refractivity contribution in [2.75, 3.05) is 6.54 Å². The fourth-order valence-electron chi connectivity index (χ4n) is 2.97. The second-order valence-electron chi connectivity index (χ2n) is 6.34. The zero-order valence-corrected chi connectivity index (χ0v) is 13.4. The summed E-state index contributed by atoms with van der Waals surface area (Å²) in [5.74, 6) is -0.818. The smallest absolute Gasteiger partial charge is 0.315 e. The van der Waals surface area contributed by atoms with Crippen LogP contribution >= 0.6 is 0 Å². The molecule has 1 aliphatic rings. The van der Waals surface area contributed by atoms with Crippen molar-refractivity contribution < 1.29 is 14.7 Å². The quantitative estimate of drug-likeness (QED) is 0.571. The van der Waals surface area contributed by atoms with Crippen molar-refractivity contribution in [1.29, 1.82) is 0 Å². The number of unbranched alkanes of at least 4 members (excludes halogenated alkanes) is 5. The minimum Gasteiger partial charge on any atom is -0.481 e. The summed E-state index contributed by atoms with van der Waals surface area (Å²) >= 11 is 0. The van der Waals surface area contributed by atoms with Crippen LogP contribution in [0.3, 0.4) is 0 Å². The maximum atomic E-state index is 11.8. The van der Waals surface area contributed by atoms with Crippen LogP contribution in [-0.4, -0.2) is 29.7 Å². The van der Waals surface area contributed by atoms with E-state index in [1.807, 2.05) is 0 Å². The Morgan fingerprint density at radius 2 is 1.86 bits per heavy atom. The highest BCUT2D eigenvalue weighted by Crippen LogP contribution is 2.38.